The Balaban J connectivity index is 2.12. The first-order chi connectivity index (χ1) is 18.6. The van der Waals surface area contributed by atoms with Crippen LogP contribution in [0.1, 0.15) is 37.5 Å². The number of methoxy groups -OCH3 is 1. The SMILES string of the molecule is C=C1CN(C(=O)OC(C)(C)C)Cc2c1cc(OCCc1ccccc1)c(N(CC(=O)OC)C(=O)C(F)(F)F)c2F. The van der Waals surface area contributed by atoms with Crippen LogP contribution in [0.5, 0.6) is 5.75 Å². The van der Waals surface area contributed by atoms with Crippen LogP contribution in [0.4, 0.5) is 28.0 Å². The number of halogens is 4. The van der Waals surface area contributed by atoms with E-state index in [4.69, 9.17) is 9.47 Å². The summed E-state index contributed by atoms with van der Waals surface area (Å²) >= 11 is 0. The fourth-order valence-corrected chi connectivity index (χ4v) is 4.03. The normalized spacial score (nSPS) is 13.4. The fraction of sp³-hybridized carbons (Fsp3) is 0.393. The monoisotopic (exact) mass is 566 g/mol. The van der Waals surface area contributed by atoms with Gasteiger partial charge in [-0.2, -0.15) is 13.2 Å². The van der Waals surface area contributed by atoms with Gasteiger partial charge < -0.3 is 14.2 Å². The number of alkyl halides is 3. The van der Waals surface area contributed by atoms with E-state index in [9.17, 15) is 27.6 Å². The number of anilines is 1. The molecule has 3 rings (SSSR count). The maximum absolute atomic E-state index is 16.3. The average Bonchev–Trinajstić information content (AvgIpc) is 2.86. The number of hydrogen-bond donors (Lipinski definition) is 0. The molecule has 0 saturated heterocycles. The number of ether oxygens (including phenoxy) is 3. The van der Waals surface area contributed by atoms with E-state index in [0.29, 0.717) is 6.42 Å². The van der Waals surface area contributed by atoms with Gasteiger partial charge in [0.25, 0.3) is 0 Å². The molecule has 0 bridgehead atoms. The number of rotatable bonds is 7. The van der Waals surface area contributed by atoms with Gasteiger partial charge in [-0.15, -0.1) is 0 Å². The number of amides is 2. The maximum atomic E-state index is 16.3. The second-order valence-electron chi connectivity index (χ2n) is 10.1. The van der Waals surface area contributed by atoms with Crippen LogP contribution < -0.4 is 9.64 Å². The van der Waals surface area contributed by atoms with Crippen LogP contribution in [0, 0.1) is 5.82 Å². The van der Waals surface area contributed by atoms with Crippen LogP contribution in [0.3, 0.4) is 0 Å². The lowest BCUT2D eigenvalue weighted by atomic mass is 9.94. The molecular weight excluding hydrogens is 536 g/mol. The van der Waals surface area contributed by atoms with Crippen LogP contribution in [-0.4, -0.2) is 61.5 Å². The fourth-order valence-electron chi connectivity index (χ4n) is 4.03. The van der Waals surface area contributed by atoms with Gasteiger partial charge in [-0.1, -0.05) is 36.9 Å². The third-order valence-electron chi connectivity index (χ3n) is 5.83. The lowest BCUT2D eigenvalue weighted by Gasteiger charge is -2.34. The summed E-state index contributed by atoms with van der Waals surface area (Å²) in [5.74, 6) is -5.39. The van der Waals surface area contributed by atoms with E-state index in [-0.39, 0.29) is 34.8 Å². The Morgan fingerprint density at radius 2 is 1.73 bits per heavy atom. The van der Waals surface area contributed by atoms with Crippen molar-refractivity contribution in [3.8, 4) is 5.75 Å². The van der Waals surface area contributed by atoms with E-state index < -0.39 is 60.1 Å². The van der Waals surface area contributed by atoms with Gasteiger partial charge in [0.2, 0.25) is 0 Å². The average molecular weight is 567 g/mol. The van der Waals surface area contributed by atoms with Crippen molar-refractivity contribution in [3.63, 3.8) is 0 Å². The Hall–Kier alpha value is -4.09. The highest BCUT2D eigenvalue weighted by Gasteiger charge is 2.46. The van der Waals surface area contributed by atoms with Crippen LogP contribution in [0.15, 0.2) is 43.0 Å². The molecule has 0 spiro atoms. The van der Waals surface area contributed by atoms with Gasteiger partial charge in [0.1, 0.15) is 23.6 Å². The Labute approximate surface area is 229 Å². The van der Waals surface area contributed by atoms with E-state index in [2.05, 4.69) is 11.3 Å². The topological polar surface area (TPSA) is 85.4 Å². The highest BCUT2D eigenvalue weighted by atomic mass is 19.4. The van der Waals surface area contributed by atoms with Gasteiger partial charge in [0, 0.05) is 18.5 Å². The number of carbonyl (C=O) groups excluding carboxylic acids is 3. The predicted octanol–water partition coefficient (Wildman–Crippen LogP) is 5.28. The summed E-state index contributed by atoms with van der Waals surface area (Å²) in [5.41, 5.74) is -0.663. The second-order valence-corrected chi connectivity index (χ2v) is 10.1. The molecule has 1 aliphatic rings. The van der Waals surface area contributed by atoms with Crippen molar-refractivity contribution in [1.82, 2.24) is 4.90 Å². The number of nitrogens with zero attached hydrogens (tertiary/aromatic N) is 2. The molecule has 2 aromatic rings. The number of esters is 1. The molecule has 1 heterocycles. The molecule has 0 atom stereocenters. The summed E-state index contributed by atoms with van der Waals surface area (Å²) < 4.78 is 72.6. The molecule has 0 aromatic heterocycles. The molecule has 0 saturated carbocycles. The third kappa shape index (κ3) is 7.30. The Morgan fingerprint density at radius 3 is 2.30 bits per heavy atom. The lowest BCUT2D eigenvalue weighted by molar-refractivity contribution is -0.171. The van der Waals surface area contributed by atoms with Crippen LogP contribution in [0.2, 0.25) is 0 Å². The summed E-state index contributed by atoms with van der Waals surface area (Å²) in [5, 5.41) is 0. The highest BCUT2D eigenvalue weighted by molar-refractivity contribution is 6.02. The van der Waals surface area contributed by atoms with Gasteiger partial charge in [0.15, 0.2) is 5.82 Å². The van der Waals surface area contributed by atoms with Crippen LogP contribution >= 0.6 is 0 Å². The summed E-state index contributed by atoms with van der Waals surface area (Å²) in [7, 11) is 0.918. The maximum Gasteiger partial charge on any atom is 0.471 e. The summed E-state index contributed by atoms with van der Waals surface area (Å²) in [6, 6.07) is 10.3. The van der Waals surface area contributed by atoms with Crippen molar-refractivity contribution < 1.29 is 46.2 Å². The summed E-state index contributed by atoms with van der Waals surface area (Å²) in [6.45, 7) is 7.06. The zero-order valence-corrected chi connectivity index (χ0v) is 22.6. The molecule has 0 fully saturated rings. The van der Waals surface area contributed by atoms with E-state index in [0.717, 1.165) is 17.6 Å². The molecule has 8 nitrogen and oxygen atoms in total. The number of carbonyl (C=O) groups is 3. The minimum Gasteiger partial charge on any atom is -0.491 e. The molecule has 40 heavy (non-hydrogen) atoms. The van der Waals surface area contributed by atoms with Crippen molar-refractivity contribution in [3.05, 3.63) is 65.5 Å². The summed E-state index contributed by atoms with van der Waals surface area (Å²) in [6.07, 6.45) is -5.93. The number of hydrogen-bond acceptors (Lipinski definition) is 6. The van der Waals surface area contributed by atoms with Crippen molar-refractivity contribution in [2.24, 2.45) is 0 Å². The van der Waals surface area contributed by atoms with E-state index in [1.54, 1.807) is 39.0 Å². The van der Waals surface area contributed by atoms with Gasteiger partial charge >= 0.3 is 24.1 Å². The first kappa shape index (κ1) is 30.5. The summed E-state index contributed by atoms with van der Waals surface area (Å²) in [4.78, 5) is 38.3. The van der Waals surface area contributed by atoms with Crippen molar-refractivity contribution in [2.45, 2.75) is 45.5 Å². The Kier molecular flexibility index (Phi) is 9.11. The minimum absolute atomic E-state index is 0.0441. The van der Waals surface area contributed by atoms with Gasteiger partial charge in [-0.3, -0.25) is 19.4 Å². The first-order valence-electron chi connectivity index (χ1n) is 12.3. The lowest BCUT2D eigenvalue weighted by Crippen LogP contribution is -2.45. The third-order valence-corrected chi connectivity index (χ3v) is 5.83. The van der Waals surface area contributed by atoms with Crippen LogP contribution in [0.25, 0.3) is 5.57 Å². The Bertz CT molecular complexity index is 1290. The van der Waals surface area contributed by atoms with Crippen molar-refractivity contribution in [2.75, 3.05) is 31.7 Å². The largest absolute Gasteiger partial charge is 0.491 e. The van der Waals surface area contributed by atoms with Gasteiger partial charge in [0.05, 0.1) is 20.3 Å². The van der Waals surface area contributed by atoms with Crippen molar-refractivity contribution in [1.29, 1.82) is 0 Å². The zero-order valence-electron chi connectivity index (χ0n) is 22.6. The minimum atomic E-state index is -5.45. The van der Waals surface area contributed by atoms with E-state index >= 15 is 4.39 Å². The molecular formula is C28H30F4N2O6. The molecule has 0 aliphatic carbocycles. The number of benzene rings is 2. The molecule has 12 heteroatoms. The van der Waals surface area contributed by atoms with Gasteiger partial charge in [-0.05, 0) is 43.5 Å². The molecule has 0 N–H and O–H groups in total. The molecule has 0 unspecified atom stereocenters. The zero-order chi connectivity index (χ0) is 29.8. The molecule has 2 aromatic carbocycles. The first-order valence-corrected chi connectivity index (χ1v) is 12.3. The van der Waals surface area contributed by atoms with Crippen molar-refractivity contribution >= 4 is 29.2 Å². The second kappa shape index (κ2) is 12.0. The molecule has 2 amide bonds. The number of fused-ring (bicyclic) bond motifs is 1. The van der Waals surface area contributed by atoms with E-state index in [1.807, 2.05) is 12.1 Å². The van der Waals surface area contributed by atoms with Crippen LogP contribution in [-0.2, 0) is 32.0 Å². The quantitative estimate of drug-likeness (QED) is 0.335. The molecule has 216 valence electrons. The smallest absolute Gasteiger partial charge is 0.471 e. The van der Waals surface area contributed by atoms with Gasteiger partial charge in [-0.25, -0.2) is 9.18 Å². The Morgan fingerprint density at radius 1 is 1.07 bits per heavy atom. The standard InChI is InChI=1S/C28H30F4N2O6/c1-17-14-33(26(37)40-27(2,3)4)15-20-19(17)13-21(39-12-11-18-9-7-6-8-10-18)24(23(20)29)34(16-22(35)38-5)25(36)28(30,31)32/h6-10,13H,1,11-12,14-16H2,2-5H3. The molecule has 1 aliphatic heterocycles. The van der Waals surface area contributed by atoms with E-state index in [1.165, 1.54) is 6.07 Å². The molecule has 0 radical (unpaired) electrons. The predicted molar refractivity (Wildman–Crippen MR) is 138 cm³/mol. The highest BCUT2D eigenvalue weighted by Crippen LogP contribution is 2.42.